The van der Waals surface area contributed by atoms with Crippen LogP contribution < -0.4 is 10.6 Å². The van der Waals surface area contributed by atoms with Gasteiger partial charge in [-0.05, 0) is 58.3 Å². The van der Waals surface area contributed by atoms with Crippen LogP contribution in [0.1, 0.15) is 84.9 Å². The summed E-state index contributed by atoms with van der Waals surface area (Å²) in [6.07, 6.45) is 8.93. The number of anilines is 1. The summed E-state index contributed by atoms with van der Waals surface area (Å²) in [6.45, 7) is 4.40. The number of hydrogen-bond acceptors (Lipinski definition) is 8. The van der Waals surface area contributed by atoms with E-state index in [2.05, 4.69) is 10.1 Å². The SMILES string of the molecule is Cc1cn2nc(C3CCCCN3C(=O)c3cc(C4(O)CCCC4)on3)cc2nc1N1CCC(N)C1. The van der Waals surface area contributed by atoms with Gasteiger partial charge in [-0.15, -0.1) is 0 Å². The molecule has 1 saturated carbocycles. The van der Waals surface area contributed by atoms with Crippen LogP contribution in [0.15, 0.2) is 22.9 Å². The van der Waals surface area contributed by atoms with Gasteiger partial charge in [-0.25, -0.2) is 9.50 Å². The van der Waals surface area contributed by atoms with E-state index in [4.69, 9.17) is 20.3 Å². The third-order valence-electron chi connectivity index (χ3n) is 7.87. The Morgan fingerprint density at radius 1 is 1.17 bits per heavy atom. The third kappa shape index (κ3) is 3.98. The molecule has 10 heteroatoms. The van der Waals surface area contributed by atoms with Crippen LogP contribution in [0.3, 0.4) is 0 Å². The molecule has 5 heterocycles. The van der Waals surface area contributed by atoms with Gasteiger partial charge in [0.05, 0.1) is 11.7 Å². The van der Waals surface area contributed by atoms with Crippen LogP contribution in [0.5, 0.6) is 0 Å². The number of carbonyl (C=O) groups excluding carboxylic acids is 1. The third-order valence-corrected chi connectivity index (χ3v) is 7.87. The predicted octanol–water partition coefficient (Wildman–Crippen LogP) is 2.69. The largest absolute Gasteiger partial charge is 0.382 e. The minimum atomic E-state index is -1.01. The summed E-state index contributed by atoms with van der Waals surface area (Å²) in [6, 6.07) is 3.64. The van der Waals surface area contributed by atoms with Gasteiger partial charge in [-0.1, -0.05) is 5.16 Å². The van der Waals surface area contributed by atoms with Crippen molar-refractivity contribution in [2.75, 3.05) is 24.5 Å². The van der Waals surface area contributed by atoms with Crippen LogP contribution in [-0.4, -0.2) is 61.3 Å². The average Bonchev–Trinajstić information content (AvgIpc) is 3.65. The normalized spacial score (nSPS) is 24.5. The number of nitrogens with two attached hydrogens (primary N) is 1. The number of aryl methyl sites for hydroxylation is 1. The van der Waals surface area contributed by atoms with Gasteiger partial charge in [0.25, 0.3) is 5.91 Å². The number of amides is 1. The molecule has 1 aliphatic carbocycles. The summed E-state index contributed by atoms with van der Waals surface area (Å²) in [4.78, 5) is 22.5. The van der Waals surface area contributed by atoms with E-state index in [1.54, 1.807) is 6.07 Å². The van der Waals surface area contributed by atoms with E-state index in [0.29, 0.717) is 25.1 Å². The van der Waals surface area contributed by atoms with Crippen molar-refractivity contribution in [1.82, 2.24) is 24.7 Å². The number of carbonyl (C=O) groups is 1. The molecule has 3 N–H and O–H groups in total. The molecule has 2 unspecified atom stereocenters. The van der Waals surface area contributed by atoms with Crippen molar-refractivity contribution in [2.45, 2.75) is 76.0 Å². The van der Waals surface area contributed by atoms with Gasteiger partial charge < -0.3 is 25.2 Å². The van der Waals surface area contributed by atoms with E-state index in [1.165, 1.54) is 0 Å². The van der Waals surface area contributed by atoms with Crippen LogP contribution >= 0.6 is 0 Å². The second-order valence-corrected chi connectivity index (χ2v) is 10.4. The number of piperidine rings is 1. The zero-order valence-electron chi connectivity index (χ0n) is 20.2. The molecule has 0 radical (unpaired) electrons. The van der Waals surface area contributed by atoms with E-state index < -0.39 is 5.60 Å². The maximum Gasteiger partial charge on any atom is 0.276 e. The molecule has 2 aliphatic heterocycles. The van der Waals surface area contributed by atoms with Crippen molar-refractivity contribution in [1.29, 1.82) is 0 Å². The molecule has 35 heavy (non-hydrogen) atoms. The van der Waals surface area contributed by atoms with E-state index in [-0.39, 0.29) is 23.7 Å². The lowest BCUT2D eigenvalue weighted by atomic mass is 9.97. The number of rotatable bonds is 4. The molecule has 186 valence electrons. The van der Waals surface area contributed by atoms with Crippen LogP contribution in [0.25, 0.3) is 5.65 Å². The van der Waals surface area contributed by atoms with Gasteiger partial charge >= 0.3 is 0 Å². The van der Waals surface area contributed by atoms with Gasteiger partial charge in [0.1, 0.15) is 11.4 Å². The monoisotopic (exact) mass is 479 g/mol. The number of nitrogens with zero attached hydrogens (tertiary/aromatic N) is 6. The molecule has 1 amide bonds. The topological polar surface area (TPSA) is 126 Å². The molecular weight excluding hydrogens is 446 g/mol. The number of likely N-dealkylation sites (tertiary alicyclic amines) is 1. The highest BCUT2D eigenvalue weighted by atomic mass is 16.5. The number of aromatic nitrogens is 4. The van der Waals surface area contributed by atoms with Gasteiger partial charge in [-0.2, -0.15) is 5.10 Å². The second-order valence-electron chi connectivity index (χ2n) is 10.4. The summed E-state index contributed by atoms with van der Waals surface area (Å²) >= 11 is 0. The average molecular weight is 480 g/mol. The Bertz CT molecular complexity index is 1250. The summed E-state index contributed by atoms with van der Waals surface area (Å²) in [5, 5.41) is 19.7. The lowest BCUT2D eigenvalue weighted by Crippen LogP contribution is -2.38. The quantitative estimate of drug-likeness (QED) is 0.585. The molecule has 2 atom stereocenters. The predicted molar refractivity (Wildman–Crippen MR) is 129 cm³/mol. The summed E-state index contributed by atoms with van der Waals surface area (Å²) in [5.41, 5.74) is 8.01. The Kier molecular flexibility index (Phi) is 5.52. The van der Waals surface area contributed by atoms with E-state index >= 15 is 0 Å². The van der Waals surface area contributed by atoms with Gasteiger partial charge in [0, 0.05) is 49.6 Å². The summed E-state index contributed by atoms with van der Waals surface area (Å²) in [5.74, 6) is 1.17. The lowest BCUT2D eigenvalue weighted by Gasteiger charge is -2.34. The van der Waals surface area contributed by atoms with Crippen LogP contribution in [0, 0.1) is 6.92 Å². The van der Waals surface area contributed by atoms with E-state index in [1.807, 2.05) is 28.6 Å². The molecule has 0 aromatic carbocycles. The Balaban J connectivity index is 1.28. The summed E-state index contributed by atoms with van der Waals surface area (Å²) in [7, 11) is 0. The lowest BCUT2D eigenvalue weighted by molar-refractivity contribution is 0.0162. The Hall–Kier alpha value is -2.98. The molecule has 3 fully saturated rings. The zero-order valence-corrected chi connectivity index (χ0v) is 20.2. The van der Waals surface area contributed by atoms with Crippen LogP contribution in [0.4, 0.5) is 5.82 Å². The van der Waals surface area contributed by atoms with Crippen LogP contribution in [-0.2, 0) is 5.60 Å². The first-order chi connectivity index (χ1) is 16.9. The van der Waals surface area contributed by atoms with Crippen molar-refractivity contribution in [2.24, 2.45) is 5.73 Å². The second kappa shape index (κ2) is 8.60. The van der Waals surface area contributed by atoms with E-state index in [0.717, 1.165) is 74.3 Å². The van der Waals surface area contributed by atoms with Crippen molar-refractivity contribution in [3.05, 3.63) is 41.0 Å². The molecule has 2 saturated heterocycles. The van der Waals surface area contributed by atoms with Crippen LogP contribution in [0.2, 0.25) is 0 Å². The smallest absolute Gasteiger partial charge is 0.276 e. The minimum Gasteiger partial charge on any atom is -0.382 e. The van der Waals surface area contributed by atoms with Crippen molar-refractivity contribution >= 4 is 17.4 Å². The first kappa shape index (κ1) is 22.5. The molecule has 10 nitrogen and oxygen atoms in total. The van der Waals surface area contributed by atoms with Crippen molar-refractivity contribution in [3.63, 3.8) is 0 Å². The molecule has 3 aromatic heterocycles. The number of aliphatic hydroxyl groups is 1. The Morgan fingerprint density at radius 2 is 2.00 bits per heavy atom. The van der Waals surface area contributed by atoms with Crippen molar-refractivity contribution in [3.8, 4) is 0 Å². The first-order valence-corrected chi connectivity index (χ1v) is 12.8. The molecule has 3 aromatic rings. The summed E-state index contributed by atoms with van der Waals surface area (Å²) < 4.78 is 7.26. The van der Waals surface area contributed by atoms with Gasteiger partial charge in [0.2, 0.25) is 0 Å². The van der Waals surface area contributed by atoms with E-state index in [9.17, 15) is 9.90 Å². The zero-order chi connectivity index (χ0) is 24.2. The highest BCUT2D eigenvalue weighted by Gasteiger charge is 2.39. The fourth-order valence-electron chi connectivity index (χ4n) is 5.91. The first-order valence-electron chi connectivity index (χ1n) is 12.8. The maximum atomic E-state index is 13.5. The molecular formula is C25H33N7O3. The minimum absolute atomic E-state index is 0.156. The highest BCUT2D eigenvalue weighted by molar-refractivity contribution is 5.92. The van der Waals surface area contributed by atoms with Gasteiger partial charge in [0.15, 0.2) is 17.1 Å². The fraction of sp³-hybridized carbons (Fsp3) is 0.600. The Morgan fingerprint density at radius 3 is 2.77 bits per heavy atom. The number of hydrogen-bond donors (Lipinski definition) is 2. The fourth-order valence-corrected chi connectivity index (χ4v) is 5.91. The Labute approximate surface area is 204 Å². The van der Waals surface area contributed by atoms with Gasteiger partial charge in [-0.3, -0.25) is 4.79 Å². The number of fused-ring (bicyclic) bond motifs is 1. The highest BCUT2D eigenvalue weighted by Crippen LogP contribution is 2.39. The molecule has 3 aliphatic rings. The van der Waals surface area contributed by atoms with Crippen molar-refractivity contribution < 1.29 is 14.4 Å². The molecule has 6 rings (SSSR count). The molecule has 0 spiro atoms. The standard InChI is InChI=1S/C25H33N7O3/c1-16-14-32-22(27-23(16)30-11-7-17(26)15-30)13-18(28-32)20-6-2-5-10-31(20)24(33)19-12-21(35-29-19)25(34)8-3-4-9-25/h12-14,17,20,34H,2-11,15,26H2,1H3. The maximum absolute atomic E-state index is 13.5. The molecule has 0 bridgehead atoms.